The van der Waals surface area contributed by atoms with Crippen LogP contribution < -0.4 is 0 Å². The molecular weight excluding hydrogens is 326 g/mol. The molecule has 1 aliphatic rings. The van der Waals surface area contributed by atoms with Crippen molar-refractivity contribution in [3.63, 3.8) is 0 Å². The first-order valence-electron chi connectivity index (χ1n) is 7.24. The summed E-state index contributed by atoms with van der Waals surface area (Å²) < 4.78 is 51.8. The first-order valence-corrected chi connectivity index (χ1v) is 8.85. The number of hydrogen-bond donors (Lipinski definition) is 0. The maximum absolute atomic E-state index is 13.5. The van der Waals surface area contributed by atoms with E-state index < -0.39 is 27.6 Å². The van der Waals surface area contributed by atoms with Crippen molar-refractivity contribution < 1.29 is 22.0 Å². The van der Waals surface area contributed by atoms with Crippen molar-refractivity contribution >= 4 is 22.0 Å². The molecule has 1 fully saturated rings. The van der Waals surface area contributed by atoms with Gasteiger partial charge in [0.05, 0.1) is 5.75 Å². The molecule has 0 radical (unpaired) electrons. The molecule has 5 nitrogen and oxygen atoms in total. The van der Waals surface area contributed by atoms with Crippen molar-refractivity contribution in [3.05, 3.63) is 41.5 Å². The summed E-state index contributed by atoms with van der Waals surface area (Å²) in [5, 5.41) is 0. The van der Waals surface area contributed by atoms with E-state index in [2.05, 4.69) is 0 Å². The molecule has 23 heavy (non-hydrogen) atoms. The lowest BCUT2D eigenvalue weighted by atomic mass is 10.2. The molecule has 8 heteroatoms. The van der Waals surface area contributed by atoms with Crippen LogP contribution in [0.5, 0.6) is 0 Å². The molecule has 0 unspecified atom stereocenters. The Hall–Kier alpha value is -1.80. The lowest BCUT2D eigenvalue weighted by Gasteiger charge is -2.33. The van der Waals surface area contributed by atoms with Crippen molar-refractivity contribution in [1.82, 2.24) is 9.21 Å². The second-order valence-electron chi connectivity index (χ2n) is 5.09. The van der Waals surface area contributed by atoms with Gasteiger partial charge in [-0.1, -0.05) is 6.07 Å². The van der Waals surface area contributed by atoms with Crippen LogP contribution in [0.4, 0.5) is 8.78 Å². The van der Waals surface area contributed by atoms with Crippen molar-refractivity contribution in [1.29, 1.82) is 0 Å². The molecule has 1 aliphatic heterocycles. The monoisotopic (exact) mass is 344 g/mol. The normalized spacial score (nSPS) is 16.9. The maximum Gasteiger partial charge on any atom is 0.246 e. The molecule has 2 rings (SSSR count). The highest BCUT2D eigenvalue weighted by Gasteiger charge is 2.26. The average Bonchev–Trinajstić information content (AvgIpc) is 2.54. The van der Waals surface area contributed by atoms with Gasteiger partial charge in [-0.05, 0) is 25.1 Å². The van der Waals surface area contributed by atoms with Gasteiger partial charge in [0.2, 0.25) is 15.9 Å². The molecule has 1 heterocycles. The Morgan fingerprint density at radius 1 is 1.17 bits per heavy atom. The van der Waals surface area contributed by atoms with Crippen molar-refractivity contribution in [2.24, 2.45) is 0 Å². The Balaban J connectivity index is 1.99. The number of piperazine rings is 1. The molecule has 0 bridgehead atoms. The van der Waals surface area contributed by atoms with E-state index in [4.69, 9.17) is 0 Å². The van der Waals surface area contributed by atoms with E-state index in [1.807, 2.05) is 0 Å². The molecule has 1 aromatic rings. The number of hydrogen-bond acceptors (Lipinski definition) is 3. The number of benzene rings is 1. The number of halogens is 2. The van der Waals surface area contributed by atoms with Crippen LogP contribution in [0, 0.1) is 11.6 Å². The van der Waals surface area contributed by atoms with Gasteiger partial charge in [0, 0.05) is 37.8 Å². The summed E-state index contributed by atoms with van der Waals surface area (Å²) in [6.07, 6.45) is 2.20. The maximum atomic E-state index is 13.5. The Kier molecular flexibility index (Phi) is 5.48. The van der Waals surface area contributed by atoms with Gasteiger partial charge in [0.1, 0.15) is 11.6 Å². The third kappa shape index (κ3) is 4.14. The van der Waals surface area contributed by atoms with E-state index in [0.29, 0.717) is 0 Å². The molecule has 0 aromatic heterocycles. The van der Waals surface area contributed by atoms with Gasteiger partial charge in [0.25, 0.3) is 0 Å². The lowest BCUT2D eigenvalue weighted by molar-refractivity contribution is -0.127. The van der Waals surface area contributed by atoms with Crippen LogP contribution in [-0.4, -0.2) is 55.5 Å². The van der Waals surface area contributed by atoms with E-state index in [-0.39, 0.29) is 37.5 Å². The molecule has 1 aromatic carbocycles. The standard InChI is InChI=1S/C15H18F2N2O3S/c1-2-23(21,22)19-10-8-18(9-11-19)15(20)7-6-12-13(16)4-3-5-14(12)17/h3-7H,2,8-11H2,1H3. The van der Waals surface area contributed by atoms with Crippen LogP contribution in [0.25, 0.3) is 6.08 Å². The van der Waals surface area contributed by atoms with E-state index in [9.17, 15) is 22.0 Å². The van der Waals surface area contributed by atoms with Gasteiger partial charge in [0.15, 0.2) is 0 Å². The predicted molar refractivity (Wildman–Crippen MR) is 83.0 cm³/mol. The van der Waals surface area contributed by atoms with Crippen LogP contribution in [0.2, 0.25) is 0 Å². The number of rotatable bonds is 4. The van der Waals surface area contributed by atoms with E-state index in [1.165, 1.54) is 15.3 Å². The van der Waals surface area contributed by atoms with Crippen LogP contribution in [0.3, 0.4) is 0 Å². The minimum Gasteiger partial charge on any atom is -0.337 e. The fourth-order valence-corrected chi connectivity index (χ4v) is 3.38. The number of sulfonamides is 1. The second-order valence-corrected chi connectivity index (χ2v) is 7.35. The number of carbonyl (C=O) groups is 1. The SMILES string of the molecule is CCS(=O)(=O)N1CCN(C(=O)C=Cc2c(F)cccc2F)CC1. The smallest absolute Gasteiger partial charge is 0.246 e. The summed E-state index contributed by atoms with van der Waals surface area (Å²) >= 11 is 0. The minimum atomic E-state index is -3.26. The second kappa shape index (κ2) is 7.18. The zero-order chi connectivity index (χ0) is 17.0. The molecule has 1 amide bonds. The van der Waals surface area contributed by atoms with E-state index in [0.717, 1.165) is 24.3 Å². The summed E-state index contributed by atoms with van der Waals surface area (Å²) in [6.45, 7) is 2.52. The Morgan fingerprint density at radius 3 is 2.26 bits per heavy atom. The number of carbonyl (C=O) groups excluding carboxylic acids is 1. The molecule has 0 aliphatic carbocycles. The summed E-state index contributed by atoms with van der Waals surface area (Å²) in [6, 6.07) is 3.47. The third-order valence-electron chi connectivity index (χ3n) is 3.70. The number of nitrogens with zero attached hydrogens (tertiary/aromatic N) is 2. The van der Waals surface area contributed by atoms with E-state index in [1.54, 1.807) is 6.92 Å². The Labute approximate surface area is 134 Å². The molecule has 0 spiro atoms. The largest absolute Gasteiger partial charge is 0.337 e. The topological polar surface area (TPSA) is 57.7 Å². The van der Waals surface area contributed by atoms with E-state index >= 15 is 0 Å². The van der Waals surface area contributed by atoms with Crippen LogP contribution >= 0.6 is 0 Å². The summed E-state index contributed by atoms with van der Waals surface area (Å²) in [5.41, 5.74) is -0.270. The fraction of sp³-hybridized carbons (Fsp3) is 0.400. The van der Waals surface area contributed by atoms with Gasteiger partial charge in [-0.25, -0.2) is 17.2 Å². The van der Waals surface area contributed by atoms with Gasteiger partial charge in [-0.15, -0.1) is 0 Å². The molecule has 126 valence electrons. The first kappa shape index (κ1) is 17.6. The average molecular weight is 344 g/mol. The first-order chi connectivity index (χ1) is 10.8. The zero-order valence-corrected chi connectivity index (χ0v) is 13.5. The lowest BCUT2D eigenvalue weighted by Crippen LogP contribution is -2.50. The van der Waals surface area contributed by atoms with Crippen molar-refractivity contribution in [2.45, 2.75) is 6.92 Å². The fourth-order valence-electron chi connectivity index (χ4n) is 2.30. The highest BCUT2D eigenvalue weighted by Crippen LogP contribution is 2.14. The molecule has 0 atom stereocenters. The number of amides is 1. The van der Waals surface area contributed by atoms with Crippen LogP contribution in [0.1, 0.15) is 12.5 Å². The summed E-state index contributed by atoms with van der Waals surface area (Å²) in [7, 11) is -3.26. The van der Waals surface area contributed by atoms with Crippen LogP contribution in [0.15, 0.2) is 24.3 Å². The highest BCUT2D eigenvalue weighted by atomic mass is 32.2. The molecular formula is C15H18F2N2O3S. The van der Waals surface area contributed by atoms with Gasteiger partial charge in [-0.2, -0.15) is 4.31 Å². The minimum absolute atomic E-state index is 0.0212. The van der Waals surface area contributed by atoms with Crippen LogP contribution in [-0.2, 0) is 14.8 Å². The van der Waals surface area contributed by atoms with Gasteiger partial charge >= 0.3 is 0 Å². The zero-order valence-electron chi connectivity index (χ0n) is 12.7. The summed E-state index contributed by atoms with van der Waals surface area (Å²) in [5.74, 6) is -1.87. The van der Waals surface area contributed by atoms with Crippen molar-refractivity contribution in [3.8, 4) is 0 Å². The quantitative estimate of drug-likeness (QED) is 0.778. The highest BCUT2D eigenvalue weighted by molar-refractivity contribution is 7.89. The molecule has 1 saturated heterocycles. The third-order valence-corrected chi connectivity index (χ3v) is 5.58. The summed E-state index contributed by atoms with van der Waals surface area (Å²) in [4.78, 5) is 13.5. The Bertz CT molecular complexity index is 691. The molecule has 0 N–H and O–H groups in total. The van der Waals surface area contributed by atoms with Crippen molar-refractivity contribution in [2.75, 3.05) is 31.9 Å². The van der Waals surface area contributed by atoms with Gasteiger partial charge < -0.3 is 4.90 Å². The Morgan fingerprint density at radius 2 is 1.74 bits per heavy atom. The molecule has 0 saturated carbocycles. The van der Waals surface area contributed by atoms with Gasteiger partial charge in [-0.3, -0.25) is 4.79 Å². The predicted octanol–water partition coefficient (Wildman–Crippen LogP) is 1.47.